The molecule has 1 unspecified atom stereocenters. The van der Waals surface area contributed by atoms with Gasteiger partial charge in [0.05, 0.1) is 11.3 Å². The summed E-state index contributed by atoms with van der Waals surface area (Å²) in [7, 11) is 1.32. The highest BCUT2D eigenvalue weighted by Crippen LogP contribution is 2.33. The Kier molecular flexibility index (Phi) is 4.79. The van der Waals surface area contributed by atoms with Gasteiger partial charge in [-0.2, -0.15) is 0 Å². The number of hydrogen-bond donors (Lipinski definition) is 1. The highest BCUT2D eigenvalue weighted by Gasteiger charge is 2.37. The topological polar surface area (TPSA) is 56.8 Å². The maximum Gasteiger partial charge on any atom is 0.464 e. The fraction of sp³-hybridized carbons (Fsp3) is 0.667. The number of hydrogen-bond acceptors (Lipinski definition) is 4. The second-order valence-electron chi connectivity index (χ2n) is 6.37. The standard InChI is InChI=1S/C15H24BNO4/c1-10(2)15(3,4)21-16(19-5)11-6-7-12-13(8-11)20-9-14(18)17-12/h7-8,10-11H,6,9H2,1-5H3,(H,17,18). The summed E-state index contributed by atoms with van der Waals surface area (Å²) in [5.41, 5.74) is 0.477. The van der Waals surface area contributed by atoms with Gasteiger partial charge in [0.1, 0.15) is 5.76 Å². The van der Waals surface area contributed by atoms with Crippen molar-refractivity contribution in [1.82, 2.24) is 5.32 Å². The third kappa shape index (κ3) is 3.68. The van der Waals surface area contributed by atoms with E-state index in [4.69, 9.17) is 14.0 Å². The molecule has 116 valence electrons. The van der Waals surface area contributed by atoms with Crippen molar-refractivity contribution in [2.24, 2.45) is 5.92 Å². The van der Waals surface area contributed by atoms with Crippen LogP contribution in [0, 0.1) is 5.92 Å². The van der Waals surface area contributed by atoms with Crippen molar-refractivity contribution >= 4 is 13.0 Å². The van der Waals surface area contributed by atoms with Crippen molar-refractivity contribution in [2.45, 2.75) is 45.5 Å². The molecule has 2 rings (SSSR count). The predicted octanol–water partition coefficient (Wildman–Crippen LogP) is 2.26. The SMILES string of the molecule is COB(OC(C)(C)C(C)C)C1C=C2OCC(=O)NC2=CC1. The summed E-state index contributed by atoms with van der Waals surface area (Å²) in [5.74, 6) is 1.04. The Morgan fingerprint density at radius 1 is 1.48 bits per heavy atom. The Bertz CT molecular complexity index is 470. The number of carbonyl (C=O) groups excluding carboxylic acids is 1. The molecule has 1 heterocycles. The summed E-state index contributed by atoms with van der Waals surface area (Å²) in [6.07, 6.45) is 4.70. The highest BCUT2D eigenvalue weighted by molar-refractivity contribution is 6.47. The van der Waals surface area contributed by atoms with Crippen molar-refractivity contribution in [1.29, 1.82) is 0 Å². The van der Waals surface area contributed by atoms with Crippen LogP contribution in [0.25, 0.3) is 0 Å². The summed E-state index contributed by atoms with van der Waals surface area (Å²) >= 11 is 0. The van der Waals surface area contributed by atoms with E-state index in [-0.39, 0.29) is 31.1 Å². The average molecular weight is 293 g/mol. The van der Waals surface area contributed by atoms with Crippen LogP contribution in [-0.4, -0.2) is 32.3 Å². The second-order valence-corrected chi connectivity index (χ2v) is 6.37. The minimum absolute atomic E-state index is 0.0614. The minimum atomic E-state index is -0.339. The summed E-state index contributed by atoms with van der Waals surface area (Å²) < 4.78 is 17.2. The molecule has 1 aliphatic carbocycles. The molecular weight excluding hydrogens is 269 g/mol. The van der Waals surface area contributed by atoms with Crippen molar-refractivity contribution in [2.75, 3.05) is 13.7 Å². The van der Waals surface area contributed by atoms with E-state index in [0.717, 1.165) is 12.1 Å². The van der Waals surface area contributed by atoms with Crippen LogP contribution >= 0.6 is 0 Å². The first-order chi connectivity index (χ1) is 9.83. The maximum atomic E-state index is 11.3. The van der Waals surface area contributed by atoms with E-state index in [2.05, 4.69) is 33.0 Å². The molecule has 6 heteroatoms. The number of rotatable bonds is 5. The quantitative estimate of drug-likeness (QED) is 0.790. The Morgan fingerprint density at radius 2 is 2.19 bits per heavy atom. The molecule has 1 saturated heterocycles. The van der Waals surface area contributed by atoms with Crippen molar-refractivity contribution in [3.63, 3.8) is 0 Å². The van der Waals surface area contributed by atoms with Gasteiger partial charge in [-0.05, 0) is 32.3 Å². The summed E-state index contributed by atoms with van der Waals surface area (Å²) in [4.78, 5) is 11.3. The molecule has 0 aromatic heterocycles. The number of ether oxygens (including phenoxy) is 1. The van der Waals surface area contributed by atoms with Crippen LogP contribution in [0.4, 0.5) is 0 Å². The van der Waals surface area contributed by atoms with Gasteiger partial charge in [-0.1, -0.05) is 19.9 Å². The lowest BCUT2D eigenvalue weighted by molar-refractivity contribution is -0.125. The lowest BCUT2D eigenvalue weighted by Crippen LogP contribution is -2.42. The second kappa shape index (κ2) is 6.24. The van der Waals surface area contributed by atoms with Crippen molar-refractivity contribution in [3.8, 4) is 0 Å². The Labute approximate surface area is 126 Å². The fourth-order valence-electron chi connectivity index (χ4n) is 2.21. The molecule has 1 fully saturated rings. The van der Waals surface area contributed by atoms with Crippen LogP contribution < -0.4 is 5.32 Å². The fourth-order valence-corrected chi connectivity index (χ4v) is 2.21. The van der Waals surface area contributed by atoms with Gasteiger partial charge in [0, 0.05) is 12.9 Å². The highest BCUT2D eigenvalue weighted by atomic mass is 16.6. The molecule has 1 aliphatic heterocycles. The van der Waals surface area contributed by atoms with Gasteiger partial charge in [-0.3, -0.25) is 4.79 Å². The Morgan fingerprint density at radius 3 is 2.81 bits per heavy atom. The molecule has 21 heavy (non-hydrogen) atoms. The molecular formula is C15H24BNO4. The number of nitrogens with one attached hydrogen (secondary N) is 1. The maximum absolute atomic E-state index is 11.3. The number of fused-ring (bicyclic) bond motifs is 1. The zero-order chi connectivity index (χ0) is 15.6. The van der Waals surface area contributed by atoms with Crippen molar-refractivity contribution in [3.05, 3.63) is 23.6 Å². The lowest BCUT2D eigenvalue weighted by atomic mass is 9.67. The molecule has 0 radical (unpaired) electrons. The molecule has 1 N–H and O–H groups in total. The van der Waals surface area contributed by atoms with Gasteiger partial charge in [0.2, 0.25) is 0 Å². The monoisotopic (exact) mass is 293 g/mol. The van der Waals surface area contributed by atoms with Crippen molar-refractivity contribution < 1.29 is 18.8 Å². The minimum Gasteiger partial charge on any atom is -0.482 e. The average Bonchev–Trinajstić information content (AvgIpc) is 2.44. The van der Waals surface area contributed by atoms with Crippen LogP contribution in [0.1, 0.15) is 34.1 Å². The molecule has 5 nitrogen and oxygen atoms in total. The molecule has 1 atom stereocenters. The van der Waals surface area contributed by atoms with Gasteiger partial charge >= 0.3 is 7.12 Å². The van der Waals surface area contributed by atoms with Crippen LogP contribution in [-0.2, 0) is 18.8 Å². The molecule has 0 aromatic rings. The van der Waals surface area contributed by atoms with E-state index in [1.165, 1.54) is 0 Å². The van der Waals surface area contributed by atoms with Gasteiger partial charge in [-0.25, -0.2) is 0 Å². The number of allylic oxidation sites excluding steroid dienone is 2. The van der Waals surface area contributed by atoms with Crippen LogP contribution in [0.5, 0.6) is 0 Å². The third-order valence-corrected chi connectivity index (χ3v) is 4.25. The normalized spacial score (nSPS) is 22.0. The summed E-state index contributed by atoms with van der Waals surface area (Å²) in [5, 5.41) is 2.81. The molecule has 0 bridgehead atoms. The molecule has 2 aliphatic rings. The first-order valence-electron chi connectivity index (χ1n) is 7.39. The number of amides is 1. The predicted molar refractivity (Wildman–Crippen MR) is 81.4 cm³/mol. The largest absolute Gasteiger partial charge is 0.482 e. The first-order valence-corrected chi connectivity index (χ1v) is 7.39. The van der Waals surface area contributed by atoms with E-state index in [1.54, 1.807) is 7.11 Å². The van der Waals surface area contributed by atoms with E-state index in [9.17, 15) is 4.79 Å². The molecule has 0 saturated carbocycles. The third-order valence-electron chi connectivity index (χ3n) is 4.25. The Hall–Kier alpha value is -1.27. The van der Waals surface area contributed by atoms with E-state index >= 15 is 0 Å². The smallest absolute Gasteiger partial charge is 0.464 e. The van der Waals surface area contributed by atoms with E-state index in [0.29, 0.717) is 11.7 Å². The van der Waals surface area contributed by atoms with Crippen LogP contribution in [0.2, 0.25) is 5.82 Å². The van der Waals surface area contributed by atoms with Gasteiger partial charge in [0.25, 0.3) is 5.91 Å². The van der Waals surface area contributed by atoms with Gasteiger partial charge in [-0.15, -0.1) is 0 Å². The number of carbonyl (C=O) groups is 1. The summed E-state index contributed by atoms with van der Waals surface area (Å²) in [6, 6.07) is 0. The van der Waals surface area contributed by atoms with Gasteiger partial charge < -0.3 is 19.4 Å². The zero-order valence-corrected chi connectivity index (χ0v) is 13.4. The lowest BCUT2D eigenvalue weighted by Gasteiger charge is -2.35. The van der Waals surface area contributed by atoms with E-state index in [1.807, 2.05) is 12.2 Å². The zero-order valence-electron chi connectivity index (χ0n) is 13.4. The Balaban J connectivity index is 2.08. The molecule has 0 aromatic carbocycles. The van der Waals surface area contributed by atoms with Crippen LogP contribution in [0.3, 0.4) is 0 Å². The van der Waals surface area contributed by atoms with Crippen LogP contribution in [0.15, 0.2) is 23.6 Å². The summed E-state index contributed by atoms with van der Waals surface area (Å²) in [6.45, 7) is 8.45. The number of morpholine rings is 1. The molecule has 0 spiro atoms. The first kappa shape index (κ1) is 16.1. The molecule has 1 amide bonds. The van der Waals surface area contributed by atoms with Gasteiger partial charge in [0.15, 0.2) is 6.61 Å². The van der Waals surface area contributed by atoms with E-state index < -0.39 is 0 Å².